The first-order chi connectivity index (χ1) is 10.8. The molecule has 0 saturated heterocycles. The molecule has 1 heterocycles. The van der Waals surface area contributed by atoms with Gasteiger partial charge in [-0.2, -0.15) is 0 Å². The van der Waals surface area contributed by atoms with Crippen molar-refractivity contribution in [3.8, 4) is 0 Å². The molecule has 3 heteroatoms. The van der Waals surface area contributed by atoms with E-state index in [1.807, 2.05) is 13.0 Å². The van der Waals surface area contributed by atoms with Crippen molar-refractivity contribution >= 4 is 5.69 Å². The van der Waals surface area contributed by atoms with Gasteiger partial charge in [-0.15, -0.1) is 0 Å². The minimum Gasteiger partial charge on any atom is -0.498 e. The van der Waals surface area contributed by atoms with Crippen LogP contribution in [-0.2, 0) is 9.47 Å². The molecular formula is C19H25NO2. The Labute approximate surface area is 133 Å². The van der Waals surface area contributed by atoms with Crippen LogP contribution in [0.2, 0.25) is 0 Å². The minimum absolute atomic E-state index is 0.469. The zero-order valence-corrected chi connectivity index (χ0v) is 13.5. The van der Waals surface area contributed by atoms with Crippen LogP contribution >= 0.6 is 0 Å². The Morgan fingerprint density at radius 3 is 2.86 bits per heavy atom. The highest BCUT2D eigenvalue weighted by molar-refractivity contribution is 5.56. The summed E-state index contributed by atoms with van der Waals surface area (Å²) in [6, 6.07) is 10.5. The fourth-order valence-electron chi connectivity index (χ4n) is 3.24. The summed E-state index contributed by atoms with van der Waals surface area (Å²) in [5.74, 6) is 1.57. The highest BCUT2D eigenvalue weighted by atomic mass is 16.5. The average molecular weight is 299 g/mol. The molecule has 0 N–H and O–H groups in total. The lowest BCUT2D eigenvalue weighted by molar-refractivity contribution is 0.131. The van der Waals surface area contributed by atoms with Crippen molar-refractivity contribution in [3.05, 3.63) is 53.4 Å². The second-order valence-electron chi connectivity index (χ2n) is 5.98. The van der Waals surface area contributed by atoms with Crippen LogP contribution in [-0.4, -0.2) is 19.9 Å². The van der Waals surface area contributed by atoms with E-state index < -0.39 is 0 Å². The molecule has 0 saturated carbocycles. The summed E-state index contributed by atoms with van der Waals surface area (Å²) in [6.07, 6.45) is 5.53. The number of para-hydroxylation sites is 1. The topological polar surface area (TPSA) is 21.7 Å². The molecule has 1 aromatic carbocycles. The van der Waals surface area contributed by atoms with Gasteiger partial charge in [0.25, 0.3) is 0 Å². The van der Waals surface area contributed by atoms with E-state index in [1.54, 1.807) is 0 Å². The van der Waals surface area contributed by atoms with Gasteiger partial charge in [0.05, 0.1) is 6.61 Å². The Morgan fingerprint density at radius 2 is 2.09 bits per heavy atom. The molecule has 0 bridgehead atoms. The second-order valence-corrected chi connectivity index (χ2v) is 5.98. The van der Waals surface area contributed by atoms with Gasteiger partial charge in [0, 0.05) is 23.9 Å². The molecule has 1 aliphatic heterocycles. The van der Waals surface area contributed by atoms with Crippen molar-refractivity contribution in [1.82, 2.24) is 0 Å². The van der Waals surface area contributed by atoms with E-state index >= 15 is 0 Å². The van der Waals surface area contributed by atoms with Crippen molar-refractivity contribution in [3.63, 3.8) is 0 Å². The first-order valence-electron chi connectivity index (χ1n) is 8.26. The number of allylic oxidation sites excluding steroid dienone is 3. The number of nitrogens with zero attached hydrogens (tertiary/aromatic N) is 1. The zero-order valence-electron chi connectivity index (χ0n) is 13.5. The average Bonchev–Trinajstić information content (AvgIpc) is 2.52. The Morgan fingerprint density at radius 1 is 1.27 bits per heavy atom. The van der Waals surface area contributed by atoms with Gasteiger partial charge in [0.15, 0.2) is 0 Å². The van der Waals surface area contributed by atoms with Crippen molar-refractivity contribution < 1.29 is 9.47 Å². The third kappa shape index (κ3) is 3.20. The van der Waals surface area contributed by atoms with E-state index in [4.69, 9.17) is 9.47 Å². The van der Waals surface area contributed by atoms with E-state index in [-0.39, 0.29) is 0 Å². The molecule has 0 amide bonds. The number of rotatable bonds is 3. The molecule has 3 nitrogen and oxygen atoms in total. The van der Waals surface area contributed by atoms with Crippen LogP contribution in [0.3, 0.4) is 0 Å². The van der Waals surface area contributed by atoms with Crippen LogP contribution in [0.4, 0.5) is 5.69 Å². The molecule has 2 aliphatic rings. The third-order valence-electron chi connectivity index (χ3n) is 4.34. The highest BCUT2D eigenvalue weighted by Gasteiger charge is 2.26. The maximum absolute atomic E-state index is 5.86. The lowest BCUT2D eigenvalue weighted by Crippen LogP contribution is -2.30. The third-order valence-corrected chi connectivity index (χ3v) is 4.34. The van der Waals surface area contributed by atoms with Crippen molar-refractivity contribution in [2.45, 2.75) is 33.1 Å². The van der Waals surface area contributed by atoms with Gasteiger partial charge < -0.3 is 14.4 Å². The quantitative estimate of drug-likeness (QED) is 0.821. The van der Waals surface area contributed by atoms with E-state index in [1.165, 1.54) is 17.0 Å². The smallest absolute Gasteiger partial charge is 0.123 e. The summed E-state index contributed by atoms with van der Waals surface area (Å²) < 4.78 is 11.7. The maximum atomic E-state index is 5.86. The molecular weight excluding hydrogens is 274 g/mol. The van der Waals surface area contributed by atoms with Crippen molar-refractivity contribution in [1.29, 1.82) is 0 Å². The van der Waals surface area contributed by atoms with Crippen LogP contribution in [0.5, 0.6) is 0 Å². The fourth-order valence-corrected chi connectivity index (χ4v) is 3.24. The van der Waals surface area contributed by atoms with E-state index in [2.05, 4.69) is 42.2 Å². The van der Waals surface area contributed by atoms with Crippen LogP contribution in [0.15, 0.2) is 53.4 Å². The van der Waals surface area contributed by atoms with Gasteiger partial charge in [-0.3, -0.25) is 0 Å². The molecule has 1 unspecified atom stereocenters. The second kappa shape index (κ2) is 7.01. The number of benzene rings is 1. The van der Waals surface area contributed by atoms with Gasteiger partial charge in [0.2, 0.25) is 0 Å². The SMILES string of the molecule is CCOC1=CC2=C(CCCOCN2c2ccccc2)CC1C. The summed E-state index contributed by atoms with van der Waals surface area (Å²) >= 11 is 0. The fraction of sp³-hybridized carbons (Fsp3) is 0.474. The lowest BCUT2D eigenvalue weighted by Gasteiger charge is -2.34. The molecule has 0 spiro atoms. The summed E-state index contributed by atoms with van der Waals surface area (Å²) in [4.78, 5) is 2.28. The Balaban J connectivity index is 2.00. The van der Waals surface area contributed by atoms with Crippen LogP contribution in [0, 0.1) is 5.92 Å². The highest BCUT2D eigenvalue weighted by Crippen LogP contribution is 2.36. The Kier molecular flexibility index (Phi) is 4.84. The molecule has 22 heavy (non-hydrogen) atoms. The van der Waals surface area contributed by atoms with Gasteiger partial charge in [0.1, 0.15) is 12.5 Å². The van der Waals surface area contributed by atoms with Crippen LogP contribution < -0.4 is 4.90 Å². The first-order valence-corrected chi connectivity index (χ1v) is 8.26. The van der Waals surface area contributed by atoms with Gasteiger partial charge >= 0.3 is 0 Å². The Hall–Kier alpha value is -1.74. The largest absolute Gasteiger partial charge is 0.498 e. The minimum atomic E-state index is 0.469. The van der Waals surface area contributed by atoms with E-state index in [9.17, 15) is 0 Å². The number of hydrogen-bond acceptors (Lipinski definition) is 3. The van der Waals surface area contributed by atoms with Crippen molar-refractivity contribution in [2.24, 2.45) is 5.92 Å². The summed E-state index contributed by atoms with van der Waals surface area (Å²) in [6.45, 7) is 6.46. The van der Waals surface area contributed by atoms with Crippen LogP contribution in [0.25, 0.3) is 0 Å². The van der Waals surface area contributed by atoms with Gasteiger partial charge in [-0.25, -0.2) is 0 Å². The molecule has 118 valence electrons. The molecule has 1 atom stereocenters. The van der Waals surface area contributed by atoms with Gasteiger partial charge in [-0.1, -0.05) is 25.1 Å². The maximum Gasteiger partial charge on any atom is 0.123 e. The van der Waals surface area contributed by atoms with Crippen LogP contribution in [0.1, 0.15) is 33.1 Å². The summed E-state index contributed by atoms with van der Waals surface area (Å²) in [5.41, 5.74) is 3.98. The summed E-state index contributed by atoms with van der Waals surface area (Å²) in [7, 11) is 0. The molecule has 0 aromatic heterocycles. The predicted octanol–water partition coefficient (Wildman–Crippen LogP) is 4.48. The molecule has 0 radical (unpaired) electrons. The zero-order chi connectivity index (χ0) is 15.4. The molecule has 0 fully saturated rings. The monoisotopic (exact) mass is 299 g/mol. The normalized spacial score (nSPS) is 22.5. The molecule has 1 aromatic rings. The number of hydrogen-bond donors (Lipinski definition) is 0. The van der Waals surface area contributed by atoms with E-state index in [0.29, 0.717) is 12.6 Å². The number of ether oxygens (including phenoxy) is 2. The first kappa shape index (κ1) is 15.2. The van der Waals surface area contributed by atoms with Gasteiger partial charge in [-0.05, 0) is 50.0 Å². The number of anilines is 1. The van der Waals surface area contributed by atoms with E-state index in [0.717, 1.165) is 38.2 Å². The molecule has 3 rings (SSSR count). The lowest BCUT2D eigenvalue weighted by atomic mass is 9.88. The summed E-state index contributed by atoms with van der Waals surface area (Å²) in [5, 5.41) is 0. The molecule has 1 aliphatic carbocycles. The standard InChI is InChI=1S/C19H25NO2/c1-3-22-19-13-18-16(12-15(19)2)8-7-11-21-14-20(18)17-9-5-4-6-10-17/h4-6,9-10,13,15H,3,7-8,11-12,14H2,1-2H3. The predicted molar refractivity (Wildman–Crippen MR) is 89.5 cm³/mol. The van der Waals surface area contributed by atoms with Crippen molar-refractivity contribution in [2.75, 3.05) is 24.8 Å². The Bertz CT molecular complexity index is 562.